The van der Waals surface area contributed by atoms with E-state index in [4.69, 9.17) is 0 Å². The second kappa shape index (κ2) is 7.44. The minimum absolute atomic E-state index is 0.0000200. The van der Waals surface area contributed by atoms with Crippen LogP contribution < -0.4 is 5.32 Å². The molecule has 0 aliphatic rings. The summed E-state index contributed by atoms with van der Waals surface area (Å²) < 4.78 is 0. The third-order valence-electron chi connectivity index (χ3n) is 4.81. The van der Waals surface area contributed by atoms with Gasteiger partial charge in [0.15, 0.2) is 0 Å². The van der Waals surface area contributed by atoms with E-state index in [0.717, 1.165) is 18.4 Å². The number of hydrogen-bond donors (Lipinski definition) is 3. The summed E-state index contributed by atoms with van der Waals surface area (Å²) in [5.74, 6) is -0.165. The summed E-state index contributed by atoms with van der Waals surface area (Å²) in [4.78, 5) is 25.7. The molecule has 0 fully saturated rings. The number of H-pyrrole nitrogens is 1. The fourth-order valence-electron chi connectivity index (χ4n) is 2.73. The molecule has 1 aromatic heterocycles. The zero-order valence-electron chi connectivity index (χ0n) is 14.0. The molecule has 1 aromatic carbocycles. The molecular weight excluding hydrogens is 310 g/mol. The number of nitro benzene ring substituents is 1. The number of benzene rings is 1. The summed E-state index contributed by atoms with van der Waals surface area (Å²) in [7, 11) is 0. The first-order valence-electron chi connectivity index (χ1n) is 8.06. The van der Waals surface area contributed by atoms with Gasteiger partial charge in [0.1, 0.15) is 0 Å². The van der Waals surface area contributed by atoms with Crippen molar-refractivity contribution in [1.82, 2.24) is 10.3 Å². The van der Waals surface area contributed by atoms with Crippen LogP contribution in [0.4, 0.5) is 5.69 Å². The first-order valence-corrected chi connectivity index (χ1v) is 8.06. The summed E-state index contributed by atoms with van der Waals surface area (Å²) in [5.41, 5.74) is 1.18. The molecule has 3 N–H and O–H groups in total. The molecule has 1 amide bonds. The summed E-state index contributed by atoms with van der Waals surface area (Å²) in [5, 5.41) is 24.0. The second-order valence-electron chi connectivity index (χ2n) is 6.12. The molecular formula is C17H23N3O4. The third kappa shape index (κ3) is 3.73. The number of aliphatic hydroxyl groups excluding tert-OH is 1. The molecule has 0 radical (unpaired) electrons. The van der Waals surface area contributed by atoms with Crippen molar-refractivity contribution in [2.45, 2.75) is 33.1 Å². The van der Waals surface area contributed by atoms with E-state index in [9.17, 15) is 20.0 Å². The van der Waals surface area contributed by atoms with Gasteiger partial charge in [-0.15, -0.1) is 0 Å². The van der Waals surface area contributed by atoms with Crippen LogP contribution in [0.15, 0.2) is 24.4 Å². The van der Waals surface area contributed by atoms with Gasteiger partial charge < -0.3 is 15.4 Å². The zero-order valence-corrected chi connectivity index (χ0v) is 14.0. The summed E-state index contributed by atoms with van der Waals surface area (Å²) in [6.45, 7) is 4.42. The van der Waals surface area contributed by atoms with E-state index in [1.54, 1.807) is 12.3 Å². The van der Waals surface area contributed by atoms with Crippen LogP contribution in [0.25, 0.3) is 10.9 Å². The quantitative estimate of drug-likeness (QED) is 0.509. The number of amides is 1. The number of hydrogen-bond acceptors (Lipinski definition) is 4. The average molecular weight is 333 g/mol. The number of rotatable bonds is 8. The lowest BCUT2D eigenvalue weighted by molar-refractivity contribution is -0.384. The van der Waals surface area contributed by atoms with E-state index in [2.05, 4.69) is 10.3 Å². The van der Waals surface area contributed by atoms with Crippen molar-refractivity contribution in [3.8, 4) is 0 Å². The van der Waals surface area contributed by atoms with Crippen LogP contribution in [0.2, 0.25) is 0 Å². The lowest BCUT2D eigenvalue weighted by Gasteiger charge is -2.29. The van der Waals surface area contributed by atoms with Crippen molar-refractivity contribution in [1.29, 1.82) is 0 Å². The van der Waals surface area contributed by atoms with E-state index in [-0.39, 0.29) is 30.0 Å². The van der Waals surface area contributed by atoms with Crippen LogP contribution in [0.1, 0.15) is 32.3 Å². The maximum atomic E-state index is 12.2. The maximum absolute atomic E-state index is 12.2. The van der Waals surface area contributed by atoms with E-state index in [1.807, 2.05) is 13.8 Å². The number of aromatic amines is 1. The number of carbonyl (C=O) groups is 1. The van der Waals surface area contributed by atoms with E-state index >= 15 is 0 Å². The monoisotopic (exact) mass is 333 g/mol. The third-order valence-corrected chi connectivity index (χ3v) is 4.81. The average Bonchev–Trinajstić information content (AvgIpc) is 2.99. The number of carbonyl (C=O) groups excluding carboxylic acids is 1. The predicted octanol–water partition coefficient (Wildman–Crippen LogP) is 2.53. The van der Waals surface area contributed by atoms with Crippen LogP contribution in [-0.4, -0.2) is 34.1 Å². The van der Waals surface area contributed by atoms with Crippen molar-refractivity contribution in [3.63, 3.8) is 0 Å². The number of aromatic nitrogens is 1. The van der Waals surface area contributed by atoms with Crippen molar-refractivity contribution < 1.29 is 14.8 Å². The van der Waals surface area contributed by atoms with Gasteiger partial charge in [-0.3, -0.25) is 14.9 Å². The number of aliphatic hydroxyl groups is 1. The van der Waals surface area contributed by atoms with Crippen LogP contribution in [-0.2, 0) is 11.2 Å². The SMILES string of the molecule is CCC(CC)(CO)CNC(=O)Cc1c[nH]c2ccc([N+](=O)[O-])cc12. The molecule has 0 bridgehead atoms. The Morgan fingerprint density at radius 1 is 1.38 bits per heavy atom. The van der Waals surface area contributed by atoms with Crippen LogP contribution in [0.3, 0.4) is 0 Å². The van der Waals surface area contributed by atoms with E-state index in [0.29, 0.717) is 17.5 Å². The molecule has 2 aromatic rings. The van der Waals surface area contributed by atoms with Gasteiger partial charge in [0, 0.05) is 41.2 Å². The highest BCUT2D eigenvalue weighted by Gasteiger charge is 2.25. The minimum atomic E-state index is -0.450. The molecule has 2 rings (SSSR count). The highest BCUT2D eigenvalue weighted by atomic mass is 16.6. The zero-order chi connectivity index (χ0) is 17.7. The molecule has 130 valence electrons. The molecule has 7 nitrogen and oxygen atoms in total. The van der Waals surface area contributed by atoms with Gasteiger partial charge in [-0.25, -0.2) is 0 Å². The largest absolute Gasteiger partial charge is 0.396 e. The number of nitrogens with one attached hydrogen (secondary N) is 2. The molecule has 0 spiro atoms. The van der Waals surface area contributed by atoms with Gasteiger partial charge in [0.05, 0.1) is 18.0 Å². The lowest BCUT2D eigenvalue weighted by Crippen LogP contribution is -2.39. The van der Waals surface area contributed by atoms with Crippen molar-refractivity contribution >= 4 is 22.5 Å². The fraction of sp³-hybridized carbons (Fsp3) is 0.471. The Hall–Kier alpha value is -2.41. The Balaban J connectivity index is 2.10. The molecule has 1 heterocycles. The van der Waals surface area contributed by atoms with Gasteiger partial charge in [0.25, 0.3) is 5.69 Å². The molecule has 24 heavy (non-hydrogen) atoms. The Labute approximate surface area is 140 Å². The molecule has 0 saturated carbocycles. The fourth-order valence-corrected chi connectivity index (χ4v) is 2.73. The molecule has 0 aliphatic carbocycles. The van der Waals surface area contributed by atoms with Crippen LogP contribution in [0.5, 0.6) is 0 Å². The van der Waals surface area contributed by atoms with Gasteiger partial charge in [-0.1, -0.05) is 13.8 Å². The Kier molecular flexibility index (Phi) is 5.56. The van der Waals surface area contributed by atoms with Gasteiger partial charge in [-0.2, -0.15) is 0 Å². The van der Waals surface area contributed by atoms with Crippen LogP contribution in [0, 0.1) is 15.5 Å². The first kappa shape index (κ1) is 17.9. The molecule has 0 atom stereocenters. The van der Waals surface area contributed by atoms with E-state index < -0.39 is 4.92 Å². The van der Waals surface area contributed by atoms with Crippen molar-refractivity contribution in [2.75, 3.05) is 13.2 Å². The van der Waals surface area contributed by atoms with Crippen molar-refractivity contribution in [2.24, 2.45) is 5.41 Å². The standard InChI is InChI=1S/C17H23N3O4/c1-3-17(4-2,11-21)10-19-16(22)7-12-9-18-15-6-5-13(20(23)24)8-14(12)15/h5-6,8-9,18,21H,3-4,7,10-11H2,1-2H3,(H,19,22). The number of nitrogens with zero attached hydrogens (tertiary/aromatic N) is 1. The Morgan fingerprint density at radius 2 is 2.08 bits per heavy atom. The van der Waals surface area contributed by atoms with Gasteiger partial charge in [-0.05, 0) is 24.5 Å². The smallest absolute Gasteiger partial charge is 0.270 e. The highest BCUT2D eigenvalue weighted by Crippen LogP contribution is 2.25. The summed E-state index contributed by atoms with van der Waals surface area (Å²) in [6.07, 6.45) is 3.39. The topological polar surface area (TPSA) is 108 Å². The normalized spacial score (nSPS) is 11.6. The number of nitro groups is 1. The minimum Gasteiger partial charge on any atom is -0.396 e. The first-order chi connectivity index (χ1) is 11.4. The molecule has 0 saturated heterocycles. The molecule has 0 unspecified atom stereocenters. The molecule has 7 heteroatoms. The predicted molar refractivity (Wildman–Crippen MR) is 91.8 cm³/mol. The summed E-state index contributed by atoms with van der Waals surface area (Å²) >= 11 is 0. The highest BCUT2D eigenvalue weighted by molar-refractivity contribution is 5.90. The maximum Gasteiger partial charge on any atom is 0.270 e. The van der Waals surface area contributed by atoms with Gasteiger partial charge >= 0.3 is 0 Å². The second-order valence-corrected chi connectivity index (χ2v) is 6.12. The van der Waals surface area contributed by atoms with Crippen molar-refractivity contribution in [3.05, 3.63) is 40.1 Å². The van der Waals surface area contributed by atoms with Crippen LogP contribution >= 0.6 is 0 Å². The van der Waals surface area contributed by atoms with E-state index in [1.165, 1.54) is 12.1 Å². The summed E-state index contributed by atoms with van der Waals surface area (Å²) in [6, 6.07) is 4.55. The molecule has 0 aliphatic heterocycles. The number of non-ortho nitro benzene ring substituents is 1. The van der Waals surface area contributed by atoms with Gasteiger partial charge in [0.2, 0.25) is 5.91 Å². The lowest BCUT2D eigenvalue weighted by atomic mass is 9.83. The Morgan fingerprint density at radius 3 is 2.67 bits per heavy atom. The Bertz CT molecular complexity index is 726. The number of fused-ring (bicyclic) bond motifs is 1.